The van der Waals surface area contributed by atoms with Gasteiger partial charge in [0.05, 0.1) is 25.5 Å². The highest BCUT2D eigenvalue weighted by molar-refractivity contribution is 6.02. The summed E-state index contributed by atoms with van der Waals surface area (Å²) >= 11 is 0. The molecule has 2 amide bonds. The van der Waals surface area contributed by atoms with Crippen LogP contribution in [0.1, 0.15) is 5.69 Å². The Kier molecular flexibility index (Phi) is 2.47. The first kappa shape index (κ1) is 10.0. The van der Waals surface area contributed by atoms with Crippen molar-refractivity contribution in [3.63, 3.8) is 0 Å². The lowest BCUT2D eigenvalue weighted by Gasteiger charge is -2.25. The van der Waals surface area contributed by atoms with E-state index in [4.69, 9.17) is 5.26 Å². The van der Waals surface area contributed by atoms with Crippen LogP contribution in [0, 0.1) is 11.3 Å². The number of nitrogens with one attached hydrogen (secondary N) is 1. The number of hydrogen-bond acceptors (Lipinski definition) is 6. The van der Waals surface area contributed by atoms with Gasteiger partial charge in [-0.15, -0.1) is 0 Å². The van der Waals surface area contributed by atoms with Gasteiger partial charge in [-0.1, -0.05) is 0 Å². The number of nitriles is 1. The van der Waals surface area contributed by atoms with Gasteiger partial charge in [-0.3, -0.25) is 14.9 Å². The molecule has 16 heavy (non-hydrogen) atoms. The van der Waals surface area contributed by atoms with Crippen molar-refractivity contribution in [3.8, 4) is 6.07 Å². The second kappa shape index (κ2) is 3.94. The Morgan fingerprint density at radius 2 is 1.94 bits per heavy atom. The van der Waals surface area contributed by atoms with Crippen LogP contribution in [0.5, 0.6) is 0 Å². The van der Waals surface area contributed by atoms with Crippen molar-refractivity contribution in [2.75, 3.05) is 18.0 Å². The lowest BCUT2D eigenvalue weighted by atomic mass is 10.3. The molecule has 0 saturated carbocycles. The molecular weight excluding hydrogens is 210 g/mol. The first-order valence-corrected chi connectivity index (χ1v) is 4.49. The van der Waals surface area contributed by atoms with Gasteiger partial charge < -0.3 is 4.90 Å². The molecule has 2 heterocycles. The second-order valence-electron chi connectivity index (χ2n) is 3.20. The number of aromatic nitrogens is 2. The molecule has 1 aromatic heterocycles. The minimum Gasteiger partial charge on any atom is -0.337 e. The fourth-order valence-electron chi connectivity index (χ4n) is 1.34. The minimum atomic E-state index is -0.373. The quantitative estimate of drug-likeness (QED) is 0.594. The summed E-state index contributed by atoms with van der Waals surface area (Å²) in [7, 11) is 0. The van der Waals surface area contributed by atoms with Gasteiger partial charge in [-0.05, 0) is 0 Å². The fourth-order valence-corrected chi connectivity index (χ4v) is 1.34. The molecule has 7 nitrogen and oxygen atoms in total. The average molecular weight is 217 g/mol. The Labute approximate surface area is 90.7 Å². The van der Waals surface area contributed by atoms with Gasteiger partial charge in [0, 0.05) is 0 Å². The van der Waals surface area contributed by atoms with E-state index in [0.717, 1.165) is 0 Å². The van der Waals surface area contributed by atoms with Crippen molar-refractivity contribution in [1.82, 2.24) is 15.3 Å². The Bertz CT molecular complexity index is 460. The normalized spacial score (nSPS) is 15.6. The molecule has 0 aromatic carbocycles. The summed E-state index contributed by atoms with van der Waals surface area (Å²) in [6, 6.07) is 1.84. The topological polar surface area (TPSA) is 99.0 Å². The standard InChI is InChI=1S/C9H7N5O2/c10-1-6-2-12-7(3-11-6)14-4-8(15)13-9(16)5-14/h2-3H,4-5H2,(H,13,15,16). The maximum absolute atomic E-state index is 11.1. The molecule has 0 atom stereocenters. The van der Waals surface area contributed by atoms with Crippen LogP contribution in [0.2, 0.25) is 0 Å². The number of hydrogen-bond donors (Lipinski definition) is 1. The summed E-state index contributed by atoms with van der Waals surface area (Å²) in [5.74, 6) is -0.341. The van der Waals surface area contributed by atoms with E-state index in [-0.39, 0.29) is 30.6 Å². The molecule has 0 unspecified atom stereocenters. The Morgan fingerprint density at radius 3 is 2.44 bits per heavy atom. The van der Waals surface area contributed by atoms with E-state index in [9.17, 15) is 9.59 Å². The van der Waals surface area contributed by atoms with Crippen LogP contribution >= 0.6 is 0 Å². The SMILES string of the molecule is N#Cc1cnc(N2CC(=O)NC(=O)C2)cn1. The fraction of sp³-hybridized carbons (Fsp3) is 0.222. The smallest absolute Gasteiger partial charge is 0.246 e. The summed E-state index contributed by atoms with van der Waals surface area (Å²) in [6.45, 7) is 0.124. The van der Waals surface area contributed by atoms with E-state index < -0.39 is 0 Å². The summed E-state index contributed by atoms with van der Waals surface area (Å²) in [4.78, 5) is 31.5. The van der Waals surface area contributed by atoms with Gasteiger partial charge >= 0.3 is 0 Å². The number of imide groups is 1. The van der Waals surface area contributed by atoms with Crippen LogP contribution < -0.4 is 10.2 Å². The average Bonchev–Trinajstić information content (AvgIpc) is 2.28. The van der Waals surface area contributed by atoms with Crippen molar-refractivity contribution >= 4 is 17.6 Å². The Morgan fingerprint density at radius 1 is 1.25 bits per heavy atom. The van der Waals surface area contributed by atoms with Gasteiger partial charge in [0.1, 0.15) is 11.9 Å². The highest BCUT2D eigenvalue weighted by Gasteiger charge is 2.23. The molecular formula is C9H7N5O2. The zero-order valence-electron chi connectivity index (χ0n) is 8.17. The molecule has 1 fully saturated rings. The third kappa shape index (κ3) is 1.95. The third-order valence-corrected chi connectivity index (χ3v) is 2.02. The van der Waals surface area contributed by atoms with Crippen molar-refractivity contribution in [2.24, 2.45) is 0 Å². The van der Waals surface area contributed by atoms with E-state index in [0.29, 0.717) is 5.82 Å². The van der Waals surface area contributed by atoms with Crippen LogP contribution in [0.15, 0.2) is 12.4 Å². The van der Waals surface area contributed by atoms with Gasteiger partial charge in [-0.2, -0.15) is 5.26 Å². The lowest BCUT2D eigenvalue weighted by Crippen LogP contribution is -2.51. The molecule has 1 aromatic rings. The van der Waals surface area contributed by atoms with Crippen LogP contribution in [-0.4, -0.2) is 34.9 Å². The van der Waals surface area contributed by atoms with Crippen molar-refractivity contribution in [3.05, 3.63) is 18.1 Å². The van der Waals surface area contributed by atoms with Gasteiger partial charge in [0.15, 0.2) is 5.69 Å². The highest BCUT2D eigenvalue weighted by atomic mass is 16.2. The number of piperazine rings is 1. The number of carbonyl (C=O) groups is 2. The van der Waals surface area contributed by atoms with E-state index in [1.165, 1.54) is 17.3 Å². The molecule has 7 heteroatoms. The number of anilines is 1. The van der Waals surface area contributed by atoms with Crippen LogP contribution in [0.3, 0.4) is 0 Å². The molecule has 0 bridgehead atoms. The molecule has 1 aliphatic heterocycles. The van der Waals surface area contributed by atoms with E-state index in [1.807, 2.05) is 6.07 Å². The molecule has 80 valence electrons. The first-order valence-electron chi connectivity index (χ1n) is 4.49. The number of nitrogens with zero attached hydrogens (tertiary/aromatic N) is 4. The van der Waals surface area contributed by atoms with Crippen molar-refractivity contribution in [1.29, 1.82) is 5.26 Å². The lowest BCUT2D eigenvalue weighted by molar-refractivity contribution is -0.130. The minimum absolute atomic E-state index is 0.0618. The van der Waals surface area contributed by atoms with E-state index >= 15 is 0 Å². The van der Waals surface area contributed by atoms with E-state index in [2.05, 4.69) is 15.3 Å². The molecule has 0 aliphatic carbocycles. The van der Waals surface area contributed by atoms with Crippen LogP contribution in [0.4, 0.5) is 5.82 Å². The molecule has 1 aliphatic rings. The maximum atomic E-state index is 11.1. The first-order chi connectivity index (χ1) is 7.69. The van der Waals surface area contributed by atoms with Crippen LogP contribution in [0.25, 0.3) is 0 Å². The summed E-state index contributed by atoms with van der Waals surface area (Å²) in [5.41, 5.74) is 0.191. The predicted molar refractivity (Wildman–Crippen MR) is 52.1 cm³/mol. The van der Waals surface area contributed by atoms with Gasteiger partial charge in [-0.25, -0.2) is 9.97 Å². The zero-order chi connectivity index (χ0) is 11.5. The zero-order valence-corrected chi connectivity index (χ0v) is 8.17. The molecule has 1 saturated heterocycles. The van der Waals surface area contributed by atoms with Gasteiger partial charge in [0.25, 0.3) is 0 Å². The largest absolute Gasteiger partial charge is 0.337 e. The summed E-state index contributed by atoms with van der Waals surface area (Å²) in [5, 5.41) is 10.7. The number of rotatable bonds is 1. The number of amides is 2. The monoisotopic (exact) mass is 217 g/mol. The maximum Gasteiger partial charge on any atom is 0.246 e. The molecule has 1 N–H and O–H groups in total. The van der Waals surface area contributed by atoms with E-state index in [1.54, 1.807) is 0 Å². The molecule has 0 spiro atoms. The molecule has 2 rings (SSSR count). The van der Waals surface area contributed by atoms with Crippen molar-refractivity contribution in [2.45, 2.75) is 0 Å². The number of carbonyl (C=O) groups excluding carboxylic acids is 2. The second-order valence-corrected chi connectivity index (χ2v) is 3.20. The Hall–Kier alpha value is -2.49. The third-order valence-electron chi connectivity index (χ3n) is 2.02. The van der Waals surface area contributed by atoms with Crippen molar-refractivity contribution < 1.29 is 9.59 Å². The summed E-state index contributed by atoms with van der Waals surface area (Å²) < 4.78 is 0. The molecule has 0 radical (unpaired) electrons. The predicted octanol–water partition coefficient (Wildman–Crippen LogP) is -1.19. The Balaban J connectivity index is 2.20. The highest BCUT2D eigenvalue weighted by Crippen LogP contribution is 2.09. The van der Waals surface area contributed by atoms with Gasteiger partial charge in [0.2, 0.25) is 11.8 Å². The summed E-state index contributed by atoms with van der Waals surface area (Å²) in [6.07, 6.45) is 2.66. The van der Waals surface area contributed by atoms with Crippen LogP contribution in [-0.2, 0) is 9.59 Å².